The van der Waals surface area contributed by atoms with Crippen LogP contribution in [-0.4, -0.2) is 4.83 Å². The minimum absolute atomic E-state index is 0.178. The molecule has 0 heterocycles. The highest BCUT2D eigenvalue weighted by Gasteiger charge is 2.22. The first-order chi connectivity index (χ1) is 7.66. The molecular weight excluding hydrogens is 335 g/mol. The molecular formula is C13H15Br2F. The van der Waals surface area contributed by atoms with E-state index in [1.54, 1.807) is 6.07 Å². The van der Waals surface area contributed by atoms with Crippen molar-refractivity contribution in [1.29, 1.82) is 0 Å². The van der Waals surface area contributed by atoms with Crippen molar-refractivity contribution < 1.29 is 4.39 Å². The van der Waals surface area contributed by atoms with E-state index in [4.69, 9.17) is 0 Å². The summed E-state index contributed by atoms with van der Waals surface area (Å²) < 4.78 is 13.7. The third kappa shape index (κ3) is 3.07. The third-order valence-electron chi connectivity index (χ3n) is 3.30. The van der Waals surface area contributed by atoms with E-state index in [9.17, 15) is 4.39 Å². The Bertz CT molecular complexity index is 365. The zero-order valence-corrected chi connectivity index (χ0v) is 12.2. The van der Waals surface area contributed by atoms with E-state index in [-0.39, 0.29) is 5.82 Å². The highest BCUT2D eigenvalue weighted by molar-refractivity contribution is 9.10. The van der Waals surface area contributed by atoms with Gasteiger partial charge in [-0.25, -0.2) is 4.39 Å². The largest absolute Gasteiger partial charge is 0.206 e. The van der Waals surface area contributed by atoms with Gasteiger partial charge in [0.15, 0.2) is 0 Å². The van der Waals surface area contributed by atoms with Gasteiger partial charge in [0.25, 0.3) is 0 Å². The van der Waals surface area contributed by atoms with Crippen LogP contribution in [0.3, 0.4) is 0 Å². The van der Waals surface area contributed by atoms with Crippen molar-refractivity contribution in [3.8, 4) is 0 Å². The molecule has 0 bridgehead atoms. The maximum atomic E-state index is 13.1. The van der Waals surface area contributed by atoms with Crippen LogP contribution < -0.4 is 0 Å². The van der Waals surface area contributed by atoms with E-state index < -0.39 is 0 Å². The number of halogens is 3. The molecule has 1 aromatic rings. The van der Waals surface area contributed by atoms with Gasteiger partial charge >= 0.3 is 0 Å². The Morgan fingerprint density at radius 1 is 1.25 bits per heavy atom. The van der Waals surface area contributed by atoms with E-state index in [0.29, 0.717) is 15.2 Å². The van der Waals surface area contributed by atoms with Gasteiger partial charge in [-0.05, 0) is 58.8 Å². The lowest BCUT2D eigenvalue weighted by Crippen LogP contribution is -2.21. The highest BCUT2D eigenvalue weighted by Crippen LogP contribution is 2.32. The predicted molar refractivity (Wildman–Crippen MR) is 72.5 cm³/mol. The van der Waals surface area contributed by atoms with Crippen LogP contribution in [0, 0.1) is 11.7 Å². The summed E-state index contributed by atoms with van der Waals surface area (Å²) in [6.07, 6.45) is 6.27. The van der Waals surface area contributed by atoms with Gasteiger partial charge < -0.3 is 0 Å². The van der Waals surface area contributed by atoms with Crippen LogP contribution in [0.4, 0.5) is 4.39 Å². The molecule has 2 atom stereocenters. The lowest BCUT2D eigenvalue weighted by atomic mass is 9.85. The van der Waals surface area contributed by atoms with Crippen LogP contribution in [0.25, 0.3) is 0 Å². The van der Waals surface area contributed by atoms with Gasteiger partial charge in [-0.3, -0.25) is 0 Å². The van der Waals surface area contributed by atoms with Crippen molar-refractivity contribution in [2.24, 2.45) is 5.92 Å². The number of rotatable bonds is 2. The lowest BCUT2D eigenvalue weighted by molar-refractivity contribution is 0.373. The summed E-state index contributed by atoms with van der Waals surface area (Å²) in [6.45, 7) is 0. The van der Waals surface area contributed by atoms with Crippen molar-refractivity contribution in [2.45, 2.75) is 36.9 Å². The van der Waals surface area contributed by atoms with E-state index in [0.717, 1.165) is 6.42 Å². The molecule has 1 saturated carbocycles. The minimum Gasteiger partial charge on any atom is -0.206 e. The topological polar surface area (TPSA) is 0 Å². The molecule has 1 fully saturated rings. The summed E-state index contributed by atoms with van der Waals surface area (Å²) in [5, 5.41) is 0. The van der Waals surface area contributed by atoms with Gasteiger partial charge in [-0.2, -0.15) is 0 Å². The fourth-order valence-electron chi connectivity index (χ4n) is 2.36. The summed E-state index contributed by atoms with van der Waals surface area (Å²) >= 11 is 7.00. The maximum absolute atomic E-state index is 13.1. The Hall–Kier alpha value is 0.110. The van der Waals surface area contributed by atoms with Gasteiger partial charge in [0, 0.05) is 4.83 Å². The van der Waals surface area contributed by atoms with Crippen molar-refractivity contribution in [3.63, 3.8) is 0 Å². The summed E-state index contributed by atoms with van der Waals surface area (Å²) in [6, 6.07) is 5.35. The second kappa shape index (κ2) is 5.63. The Balaban J connectivity index is 2.05. The molecule has 0 nitrogen and oxygen atoms in total. The quantitative estimate of drug-likeness (QED) is 0.653. The normalized spacial score (nSPS) is 25.7. The molecule has 0 aromatic heterocycles. The van der Waals surface area contributed by atoms with E-state index in [1.807, 2.05) is 12.1 Å². The number of hydrogen-bond acceptors (Lipinski definition) is 0. The second-order valence-electron chi connectivity index (χ2n) is 4.51. The zero-order chi connectivity index (χ0) is 11.5. The molecule has 16 heavy (non-hydrogen) atoms. The molecule has 0 amide bonds. The van der Waals surface area contributed by atoms with E-state index >= 15 is 0 Å². The van der Waals surface area contributed by atoms with E-state index in [2.05, 4.69) is 31.9 Å². The molecule has 1 aliphatic carbocycles. The Kier molecular flexibility index (Phi) is 4.42. The molecule has 2 unspecified atom stereocenters. The second-order valence-corrected chi connectivity index (χ2v) is 6.54. The van der Waals surface area contributed by atoms with Gasteiger partial charge in [0.2, 0.25) is 0 Å². The molecule has 0 aliphatic heterocycles. The molecule has 2 rings (SSSR count). The third-order valence-corrected chi connectivity index (χ3v) is 5.11. The van der Waals surface area contributed by atoms with Crippen LogP contribution >= 0.6 is 31.9 Å². The van der Waals surface area contributed by atoms with Crippen LogP contribution in [0.2, 0.25) is 0 Å². The first-order valence-corrected chi connectivity index (χ1v) is 7.45. The molecule has 0 saturated heterocycles. The summed E-state index contributed by atoms with van der Waals surface area (Å²) in [5.41, 5.74) is 1.23. The Morgan fingerprint density at radius 3 is 2.69 bits per heavy atom. The number of benzene rings is 1. The molecule has 0 spiro atoms. The molecule has 0 radical (unpaired) electrons. The fraction of sp³-hybridized carbons (Fsp3) is 0.538. The monoisotopic (exact) mass is 348 g/mol. The van der Waals surface area contributed by atoms with Crippen LogP contribution in [0.15, 0.2) is 22.7 Å². The SMILES string of the molecule is Fc1ccc(CC2CCCCC2Br)cc1Br. The van der Waals surface area contributed by atoms with Crippen molar-refractivity contribution in [3.05, 3.63) is 34.1 Å². The summed E-state index contributed by atoms with van der Waals surface area (Å²) in [7, 11) is 0. The van der Waals surface area contributed by atoms with E-state index in [1.165, 1.54) is 31.2 Å². The fourth-order valence-corrected chi connectivity index (χ4v) is 3.56. The Labute approximate surface area is 113 Å². The first-order valence-electron chi connectivity index (χ1n) is 5.75. The van der Waals surface area contributed by atoms with Gasteiger partial charge in [-0.15, -0.1) is 0 Å². The molecule has 0 N–H and O–H groups in total. The average Bonchev–Trinajstić information content (AvgIpc) is 2.27. The van der Waals surface area contributed by atoms with Gasteiger partial charge in [-0.1, -0.05) is 34.8 Å². The molecule has 1 aliphatic rings. The lowest BCUT2D eigenvalue weighted by Gasteiger charge is -2.27. The minimum atomic E-state index is -0.178. The first kappa shape index (κ1) is 12.6. The predicted octanol–water partition coefficient (Wildman–Crippen LogP) is 5.08. The summed E-state index contributed by atoms with van der Waals surface area (Å²) in [5.74, 6) is 0.522. The number of alkyl halides is 1. The zero-order valence-electron chi connectivity index (χ0n) is 9.06. The molecule has 3 heteroatoms. The highest BCUT2D eigenvalue weighted by atomic mass is 79.9. The smallest absolute Gasteiger partial charge is 0.137 e. The van der Waals surface area contributed by atoms with Crippen molar-refractivity contribution >= 4 is 31.9 Å². The van der Waals surface area contributed by atoms with Gasteiger partial charge in [0.05, 0.1) is 4.47 Å². The van der Waals surface area contributed by atoms with Crippen molar-refractivity contribution in [1.82, 2.24) is 0 Å². The average molecular weight is 350 g/mol. The Morgan fingerprint density at radius 2 is 2.00 bits per heavy atom. The molecule has 88 valence electrons. The van der Waals surface area contributed by atoms with Gasteiger partial charge in [0.1, 0.15) is 5.82 Å². The molecule has 1 aromatic carbocycles. The number of hydrogen-bond donors (Lipinski definition) is 0. The standard InChI is InChI=1S/C13H15Br2F/c14-11-4-2-1-3-10(11)7-9-5-6-13(16)12(15)8-9/h5-6,8,10-11H,1-4,7H2. The van der Waals surface area contributed by atoms with Crippen LogP contribution in [0.5, 0.6) is 0 Å². The van der Waals surface area contributed by atoms with Crippen LogP contribution in [0.1, 0.15) is 31.2 Å². The maximum Gasteiger partial charge on any atom is 0.137 e. The van der Waals surface area contributed by atoms with Crippen LogP contribution in [-0.2, 0) is 6.42 Å². The summed E-state index contributed by atoms with van der Waals surface area (Å²) in [4.78, 5) is 0.630. The van der Waals surface area contributed by atoms with Crippen molar-refractivity contribution in [2.75, 3.05) is 0 Å².